The SMILES string of the molecule is Cc1ccc(C(=O)C2CCCCS2)c(F)c1F. The number of halogens is 2. The van der Waals surface area contributed by atoms with Gasteiger partial charge >= 0.3 is 0 Å². The summed E-state index contributed by atoms with van der Waals surface area (Å²) in [5.41, 5.74) is 0.128. The lowest BCUT2D eigenvalue weighted by molar-refractivity contribution is 0.0980. The van der Waals surface area contributed by atoms with Gasteiger partial charge < -0.3 is 0 Å². The van der Waals surface area contributed by atoms with Gasteiger partial charge in [0, 0.05) is 0 Å². The van der Waals surface area contributed by atoms with Gasteiger partial charge in [-0.2, -0.15) is 11.8 Å². The summed E-state index contributed by atoms with van der Waals surface area (Å²) in [6.07, 6.45) is 2.84. The second kappa shape index (κ2) is 5.17. The maximum absolute atomic E-state index is 13.7. The Morgan fingerprint density at radius 1 is 1.29 bits per heavy atom. The van der Waals surface area contributed by atoms with E-state index in [1.54, 1.807) is 11.8 Å². The van der Waals surface area contributed by atoms with Gasteiger partial charge in [-0.05, 0) is 37.1 Å². The lowest BCUT2D eigenvalue weighted by Crippen LogP contribution is -2.22. The van der Waals surface area contributed by atoms with Crippen LogP contribution < -0.4 is 0 Å². The number of Topliss-reactive ketones (excluding diaryl/α,β-unsaturated/α-hetero) is 1. The molecule has 0 N–H and O–H groups in total. The fraction of sp³-hybridized carbons (Fsp3) is 0.462. The van der Waals surface area contributed by atoms with Gasteiger partial charge in [0.2, 0.25) is 0 Å². The average Bonchev–Trinajstić information content (AvgIpc) is 2.36. The minimum Gasteiger partial charge on any atom is -0.293 e. The Labute approximate surface area is 104 Å². The number of hydrogen-bond acceptors (Lipinski definition) is 2. The smallest absolute Gasteiger partial charge is 0.178 e. The van der Waals surface area contributed by atoms with Gasteiger partial charge in [0.25, 0.3) is 0 Å². The summed E-state index contributed by atoms with van der Waals surface area (Å²) in [6, 6.07) is 2.85. The van der Waals surface area contributed by atoms with Crippen molar-refractivity contribution in [1.29, 1.82) is 0 Å². The zero-order valence-electron chi connectivity index (χ0n) is 9.63. The van der Waals surface area contributed by atoms with Crippen LogP contribution in [0, 0.1) is 18.6 Å². The highest BCUT2D eigenvalue weighted by Gasteiger charge is 2.26. The highest BCUT2D eigenvalue weighted by Crippen LogP contribution is 2.29. The van der Waals surface area contributed by atoms with Gasteiger partial charge in [0.15, 0.2) is 17.4 Å². The quantitative estimate of drug-likeness (QED) is 0.750. The lowest BCUT2D eigenvalue weighted by atomic mass is 10.0. The second-order valence-electron chi connectivity index (χ2n) is 4.28. The second-order valence-corrected chi connectivity index (χ2v) is 5.59. The monoisotopic (exact) mass is 256 g/mol. The number of thioether (sulfide) groups is 1. The summed E-state index contributed by atoms with van der Waals surface area (Å²) in [7, 11) is 0. The molecular weight excluding hydrogens is 242 g/mol. The number of rotatable bonds is 2. The molecule has 0 amide bonds. The van der Waals surface area contributed by atoms with Crippen LogP contribution in [-0.2, 0) is 0 Å². The molecule has 0 bridgehead atoms. The Morgan fingerprint density at radius 2 is 2.06 bits per heavy atom. The van der Waals surface area contributed by atoms with Gasteiger partial charge in [-0.3, -0.25) is 4.79 Å². The molecule has 0 aromatic heterocycles. The van der Waals surface area contributed by atoms with Gasteiger partial charge in [-0.1, -0.05) is 12.5 Å². The third kappa shape index (κ3) is 2.51. The Kier molecular flexibility index (Phi) is 3.82. The maximum Gasteiger partial charge on any atom is 0.178 e. The highest BCUT2D eigenvalue weighted by molar-refractivity contribution is 8.00. The molecule has 1 heterocycles. The average molecular weight is 256 g/mol. The van der Waals surface area contributed by atoms with Crippen molar-refractivity contribution in [3.63, 3.8) is 0 Å². The van der Waals surface area contributed by atoms with Crippen molar-refractivity contribution >= 4 is 17.5 Å². The van der Waals surface area contributed by atoms with Crippen LogP contribution in [0.25, 0.3) is 0 Å². The van der Waals surface area contributed by atoms with Crippen LogP contribution in [0.15, 0.2) is 12.1 Å². The van der Waals surface area contributed by atoms with Crippen molar-refractivity contribution in [3.05, 3.63) is 34.9 Å². The first-order valence-corrected chi connectivity index (χ1v) is 6.76. The van der Waals surface area contributed by atoms with E-state index in [4.69, 9.17) is 0 Å². The van der Waals surface area contributed by atoms with Crippen LogP contribution >= 0.6 is 11.8 Å². The molecule has 0 spiro atoms. The number of hydrogen-bond donors (Lipinski definition) is 0. The number of benzene rings is 1. The first-order chi connectivity index (χ1) is 8.11. The third-order valence-corrected chi connectivity index (χ3v) is 4.39. The van der Waals surface area contributed by atoms with Crippen LogP contribution in [0.2, 0.25) is 0 Å². The molecule has 0 aliphatic carbocycles. The maximum atomic E-state index is 13.7. The van der Waals surface area contributed by atoms with Crippen molar-refractivity contribution in [3.8, 4) is 0 Å². The number of carbonyl (C=O) groups is 1. The Bertz CT molecular complexity index is 439. The van der Waals surface area contributed by atoms with Crippen LogP contribution in [0.1, 0.15) is 35.2 Å². The summed E-state index contributed by atoms with van der Waals surface area (Å²) in [5.74, 6) is -1.25. The summed E-state index contributed by atoms with van der Waals surface area (Å²) in [6.45, 7) is 1.49. The molecule has 1 aromatic rings. The van der Waals surface area contributed by atoms with E-state index in [2.05, 4.69) is 0 Å². The van der Waals surface area contributed by atoms with E-state index in [0.29, 0.717) is 0 Å². The van der Waals surface area contributed by atoms with Gasteiger partial charge in [0.05, 0.1) is 10.8 Å². The van der Waals surface area contributed by atoms with Crippen molar-refractivity contribution in [2.24, 2.45) is 0 Å². The zero-order valence-corrected chi connectivity index (χ0v) is 10.4. The number of carbonyl (C=O) groups excluding carboxylic acids is 1. The van der Waals surface area contributed by atoms with Gasteiger partial charge in [-0.15, -0.1) is 0 Å². The molecule has 0 radical (unpaired) electrons. The molecule has 1 aliphatic heterocycles. The van der Waals surface area contributed by atoms with E-state index in [1.807, 2.05) is 0 Å². The topological polar surface area (TPSA) is 17.1 Å². The normalized spacial score (nSPS) is 20.3. The highest BCUT2D eigenvalue weighted by atomic mass is 32.2. The predicted octanol–water partition coefficient (Wildman–Crippen LogP) is 3.74. The van der Waals surface area contributed by atoms with E-state index in [0.717, 1.165) is 25.0 Å². The minimum atomic E-state index is -0.999. The van der Waals surface area contributed by atoms with Crippen LogP contribution in [-0.4, -0.2) is 16.8 Å². The van der Waals surface area contributed by atoms with Crippen LogP contribution in [0.4, 0.5) is 8.78 Å². The predicted molar refractivity (Wildman–Crippen MR) is 65.5 cm³/mol. The molecule has 1 aliphatic rings. The summed E-state index contributed by atoms with van der Waals surface area (Å²) < 4.78 is 27.0. The molecule has 2 rings (SSSR count). The fourth-order valence-electron chi connectivity index (χ4n) is 1.96. The third-order valence-electron chi connectivity index (χ3n) is 3.01. The van der Waals surface area contributed by atoms with Gasteiger partial charge in [0.1, 0.15) is 0 Å². The van der Waals surface area contributed by atoms with E-state index < -0.39 is 11.6 Å². The summed E-state index contributed by atoms with van der Waals surface area (Å²) in [4.78, 5) is 12.1. The summed E-state index contributed by atoms with van der Waals surface area (Å²) in [5, 5.41) is -0.208. The lowest BCUT2D eigenvalue weighted by Gasteiger charge is -2.20. The molecule has 1 atom stereocenters. The minimum absolute atomic E-state index is 0.104. The van der Waals surface area contributed by atoms with E-state index in [-0.39, 0.29) is 22.2 Å². The van der Waals surface area contributed by atoms with E-state index in [1.165, 1.54) is 19.1 Å². The first-order valence-electron chi connectivity index (χ1n) is 5.71. The van der Waals surface area contributed by atoms with Crippen molar-refractivity contribution in [1.82, 2.24) is 0 Å². The van der Waals surface area contributed by atoms with E-state index in [9.17, 15) is 13.6 Å². The first kappa shape index (κ1) is 12.6. The van der Waals surface area contributed by atoms with Crippen molar-refractivity contribution < 1.29 is 13.6 Å². The van der Waals surface area contributed by atoms with Crippen molar-refractivity contribution in [2.75, 3.05) is 5.75 Å². The standard InChI is InChI=1S/C13H14F2OS/c1-8-5-6-9(12(15)11(8)14)13(16)10-4-2-3-7-17-10/h5-6,10H,2-4,7H2,1H3. The molecule has 4 heteroatoms. The Hall–Kier alpha value is -0.900. The molecule has 0 saturated carbocycles. The molecule has 1 aromatic carbocycles. The number of aryl methyl sites for hydroxylation is 1. The molecule has 1 nitrogen and oxygen atoms in total. The number of ketones is 1. The summed E-state index contributed by atoms with van der Waals surface area (Å²) >= 11 is 1.55. The molecule has 1 saturated heterocycles. The molecule has 1 unspecified atom stereocenters. The molecular formula is C13H14F2OS. The molecule has 17 heavy (non-hydrogen) atoms. The largest absolute Gasteiger partial charge is 0.293 e. The van der Waals surface area contributed by atoms with Crippen LogP contribution in [0.3, 0.4) is 0 Å². The molecule has 1 fully saturated rings. The van der Waals surface area contributed by atoms with E-state index >= 15 is 0 Å². The van der Waals surface area contributed by atoms with Crippen LogP contribution in [0.5, 0.6) is 0 Å². The zero-order chi connectivity index (χ0) is 12.4. The fourth-order valence-corrected chi connectivity index (χ4v) is 3.22. The molecule has 92 valence electrons. The van der Waals surface area contributed by atoms with Gasteiger partial charge in [-0.25, -0.2) is 8.78 Å². The Balaban J connectivity index is 2.27. The Morgan fingerprint density at radius 3 is 2.71 bits per heavy atom. The van der Waals surface area contributed by atoms with Crippen molar-refractivity contribution in [2.45, 2.75) is 31.4 Å².